The van der Waals surface area contributed by atoms with Gasteiger partial charge in [0, 0.05) is 47.2 Å². The van der Waals surface area contributed by atoms with Crippen molar-refractivity contribution in [2.24, 2.45) is 23.1 Å². The van der Waals surface area contributed by atoms with Crippen molar-refractivity contribution in [2.75, 3.05) is 27.2 Å². The predicted molar refractivity (Wildman–Crippen MR) is 477 cm³/mol. The summed E-state index contributed by atoms with van der Waals surface area (Å²) in [5.74, 6) is -15.7. The highest BCUT2D eigenvalue weighted by molar-refractivity contribution is 6.32. The average molecular weight is 1850 g/mol. The molecule has 0 aliphatic carbocycles. The Hall–Kier alpha value is -9.65. The summed E-state index contributed by atoms with van der Waals surface area (Å²) in [6.45, 7) is 11.1. The number of primary amides is 1. The first kappa shape index (κ1) is 102. The third kappa shape index (κ3) is 25.1. The molecule has 8 heterocycles. The molecular weight excluding hydrogens is 1720 g/mol. The third-order valence-corrected chi connectivity index (χ3v) is 25.5. The quantitative estimate of drug-likeness (QED) is 0.0198. The highest BCUT2D eigenvalue weighted by Crippen LogP contribution is 2.52. The fourth-order valence-corrected chi connectivity index (χ4v) is 18.0. The molecule has 131 heavy (non-hydrogen) atoms. The van der Waals surface area contributed by atoms with E-state index in [0.717, 1.165) is 62.4 Å². The Morgan fingerprint density at radius 1 is 0.634 bits per heavy atom. The van der Waals surface area contributed by atoms with Gasteiger partial charge in [-0.25, -0.2) is 4.79 Å². The lowest BCUT2D eigenvalue weighted by Crippen LogP contribution is -2.64. The molecule has 720 valence electrons. The van der Waals surface area contributed by atoms with Gasteiger partial charge in [-0.2, -0.15) is 0 Å². The lowest BCUT2D eigenvalue weighted by molar-refractivity contribution is -0.333. The monoisotopic (exact) mass is 1850 g/mol. The molecule has 13 rings (SSSR count). The van der Waals surface area contributed by atoms with Crippen LogP contribution in [0.1, 0.15) is 241 Å². The van der Waals surface area contributed by atoms with Crippen molar-refractivity contribution in [3.05, 3.63) is 117 Å². The Labute approximate surface area is 766 Å². The van der Waals surface area contributed by atoms with Crippen molar-refractivity contribution in [1.29, 1.82) is 0 Å². The number of carboxylic acid groups (broad SMARTS) is 1. The molecule has 23 N–H and O–H groups in total. The Kier molecular flexibility index (Phi) is 35.3. The Morgan fingerprint density at radius 3 is 1.77 bits per heavy atom. The van der Waals surface area contributed by atoms with Gasteiger partial charge in [0.25, 0.3) is 0 Å². The van der Waals surface area contributed by atoms with Crippen LogP contribution in [0.2, 0.25) is 5.02 Å². The minimum Gasteiger partial charge on any atom is -0.507 e. The molecular formula is C93H130ClN11O26. The molecule has 5 aromatic carbocycles. The number of carboxylic acids is 1. The number of hydrogen-bond acceptors (Lipinski definition) is 29. The number of aliphatic carboxylic acids is 1. The highest BCUT2D eigenvalue weighted by Gasteiger charge is 2.53. The molecule has 7 amide bonds. The van der Waals surface area contributed by atoms with Crippen LogP contribution in [0.15, 0.2) is 78.9 Å². The number of carbonyl (C=O) groups excluding carboxylic acids is 7. The predicted octanol–water partition coefficient (Wildman–Crippen LogP) is 6.38. The van der Waals surface area contributed by atoms with E-state index in [4.69, 9.17) is 66.7 Å². The summed E-state index contributed by atoms with van der Waals surface area (Å²) in [4.78, 5) is 125. The number of aliphatic hydroxyl groups excluding tert-OH is 6. The number of aliphatic hydroxyl groups is 6. The van der Waals surface area contributed by atoms with E-state index in [-0.39, 0.29) is 64.9 Å². The minimum atomic E-state index is -2.41. The molecule has 10 unspecified atom stereocenters. The number of fused-ring (bicyclic) bond motifs is 14. The Morgan fingerprint density at radius 2 is 1.21 bits per heavy atom. The van der Waals surface area contributed by atoms with Gasteiger partial charge >= 0.3 is 5.97 Å². The molecule has 37 nitrogen and oxygen atoms in total. The van der Waals surface area contributed by atoms with E-state index < -0.39 is 256 Å². The molecule has 3 fully saturated rings. The smallest absolute Gasteiger partial charge is 0.330 e. The maximum absolute atomic E-state index is 16.9. The van der Waals surface area contributed by atoms with Gasteiger partial charge in [-0.05, 0) is 138 Å². The number of nitrogens with two attached hydrogens (primary N) is 3. The lowest BCUT2D eigenvalue weighted by atomic mass is 9.85. The van der Waals surface area contributed by atoms with Crippen LogP contribution in [0.3, 0.4) is 0 Å². The number of rotatable bonds is 34. The third-order valence-electron chi connectivity index (χ3n) is 25.2. The second-order valence-electron chi connectivity index (χ2n) is 36.4. The zero-order valence-electron chi connectivity index (χ0n) is 75.5. The van der Waals surface area contributed by atoms with Gasteiger partial charge in [-0.15, -0.1) is 0 Å². The van der Waals surface area contributed by atoms with Crippen LogP contribution in [0.4, 0.5) is 0 Å². The molecule has 0 spiro atoms. The standard InChI is InChI=1S/C93H130ClN11O26/c1-10-11-12-13-14-15-16-17-18-19-20-21-22-23-24-25-35-105(9)44-55-60(108)40-54-69(76(55)111)68-53(27-26-28-59(68)107)71-87(119)104-74(89(121)102-72(54)90(122)123)79(129-66-42-92(6,96)82(114)47(4)124-66)49-29-32-52(33-30-49)126-62-38-51-39-63(80(62)131-91-81(78(113)77(112)64(45-106)128-91)130-67-43-93(7,97)83(115)48(5)125-67)127-61-34-31-50(37-56(61)94)75(110)73(103-84(116)57(98-8)36-46(2)3)88(120)99-58(41-65(95)109)85(117)100-70(51)86(118)101-71/h26-34,37-40,46-48,57-58,64,66-67,70-75,77-79,81-83,91,98,106-108,110-115H,10-25,35-36,41-45,96-97H2,1-9H3,(H2,95,109)(H,99,120)(H,100,117)(H,101,118)(H,102,121)(H,103,116)(H,104,119)(H,122,123)/t47-,48+,57?,58?,64-,66-,67+,70?,71?,72?,73?,74?,75?,77-,78+,79?,81-,82-,83-,91+,92?,93+/m1/s1. The van der Waals surface area contributed by atoms with Crippen molar-refractivity contribution >= 4 is 58.9 Å². The van der Waals surface area contributed by atoms with E-state index in [2.05, 4.69) is 44.1 Å². The van der Waals surface area contributed by atoms with Crippen molar-refractivity contribution < 1.29 is 127 Å². The zero-order valence-corrected chi connectivity index (χ0v) is 76.2. The van der Waals surface area contributed by atoms with Crippen molar-refractivity contribution in [3.8, 4) is 57.1 Å². The lowest BCUT2D eigenvalue weighted by Gasteiger charge is -2.47. The molecule has 0 saturated carbocycles. The number of phenols is 3. The molecule has 0 radical (unpaired) electrons. The van der Waals surface area contributed by atoms with Gasteiger partial charge in [-0.1, -0.05) is 159 Å². The number of likely N-dealkylation sites (N-methyl/N-ethyl adjacent to an activating group) is 1. The van der Waals surface area contributed by atoms with Gasteiger partial charge < -0.3 is 148 Å². The number of phenolic OH excluding ortho intramolecular Hbond substituents is 3. The van der Waals surface area contributed by atoms with E-state index >= 15 is 24.0 Å². The van der Waals surface area contributed by atoms with Gasteiger partial charge in [0.2, 0.25) is 53.4 Å². The van der Waals surface area contributed by atoms with E-state index in [0.29, 0.717) is 13.0 Å². The fourth-order valence-electron chi connectivity index (χ4n) is 17.8. The molecule has 3 saturated heterocycles. The molecule has 9 bridgehead atoms. The van der Waals surface area contributed by atoms with Crippen molar-refractivity contribution in [1.82, 2.24) is 42.1 Å². The van der Waals surface area contributed by atoms with E-state index in [1.165, 1.54) is 147 Å². The maximum atomic E-state index is 16.9. The van der Waals surface area contributed by atoms with Crippen LogP contribution in [0.5, 0.6) is 46.0 Å². The summed E-state index contributed by atoms with van der Waals surface area (Å²) in [7, 11) is 3.21. The first-order valence-corrected chi connectivity index (χ1v) is 45.7. The van der Waals surface area contributed by atoms with Crippen LogP contribution in [0, 0.1) is 5.92 Å². The topological polar surface area (TPSA) is 578 Å². The molecule has 0 aromatic heterocycles. The number of amides is 7. The van der Waals surface area contributed by atoms with Crippen LogP contribution < -0.4 is 68.6 Å². The number of nitrogens with one attached hydrogen (secondary N) is 7. The number of hydrogen-bond donors (Lipinski definition) is 20. The summed E-state index contributed by atoms with van der Waals surface area (Å²) in [5.41, 5.74) is 13.2. The maximum Gasteiger partial charge on any atom is 0.330 e. The Balaban J connectivity index is 1.11. The first-order valence-electron chi connectivity index (χ1n) is 45.3. The number of carbonyl (C=O) groups is 8. The van der Waals surface area contributed by atoms with Gasteiger partial charge in [0.15, 0.2) is 36.2 Å². The number of nitrogens with zero attached hydrogens (tertiary/aromatic N) is 1. The highest BCUT2D eigenvalue weighted by atomic mass is 35.5. The van der Waals surface area contributed by atoms with Crippen molar-refractivity contribution in [2.45, 2.75) is 317 Å². The summed E-state index contributed by atoms with van der Waals surface area (Å²) < 4.78 is 52.4. The Bertz CT molecular complexity index is 4820. The number of benzene rings is 5. The SMILES string of the molecule is CCCCCCCCCCCCCCCCCCN(C)Cc1c(O)cc2c(c1O)-c1c(O)cccc1C1NC(=O)C3NC(=O)C(CC(N)=O)NC(=O)C(NC(=O)C(CC(C)C)NC)C(O)c4ccc(c(Cl)c4)Oc4cc3cc(c4O[C@@H]3O[C@H](CO)[C@@H](O)[C@H](O)[C@H]3O[C@H]3C[C@](C)(N)[C@H](O)[C@H](C)O3)Oc3ccc(cc3)C(O[C@@H]3CC(C)(N)[C@H](O)[C@@H](C)O3)C(NC1=O)C(=O)NC2C(=O)O. The number of unbranched alkanes of at least 4 members (excludes halogenated alkanes) is 15. The van der Waals surface area contributed by atoms with Crippen LogP contribution in [-0.4, -0.2) is 233 Å². The fraction of sp³-hybridized carbons (Fsp3) is 0.591. The molecule has 5 aromatic rings. The van der Waals surface area contributed by atoms with E-state index in [1.54, 1.807) is 11.9 Å². The minimum absolute atomic E-state index is 0.0399. The summed E-state index contributed by atoms with van der Waals surface area (Å²) in [6, 6.07) is 0.939. The van der Waals surface area contributed by atoms with Crippen molar-refractivity contribution in [3.63, 3.8) is 0 Å². The summed E-state index contributed by atoms with van der Waals surface area (Å²) in [6.07, 6.45) is -4.37. The second-order valence-corrected chi connectivity index (χ2v) is 36.8. The van der Waals surface area contributed by atoms with Gasteiger partial charge in [0.05, 0.1) is 54.1 Å². The number of halogens is 1. The molecule has 38 heteroatoms. The van der Waals surface area contributed by atoms with Crippen LogP contribution in [0.25, 0.3) is 11.1 Å². The average Bonchev–Trinajstić information content (AvgIpc) is 1.71. The number of aromatic hydroxyl groups is 3. The summed E-state index contributed by atoms with van der Waals surface area (Å²) in [5, 5.41) is 137. The zero-order chi connectivity index (χ0) is 95.2. The van der Waals surface area contributed by atoms with E-state index in [1.807, 2.05) is 13.8 Å². The van der Waals surface area contributed by atoms with Crippen LogP contribution in [-0.2, 0) is 68.6 Å². The largest absolute Gasteiger partial charge is 0.507 e. The van der Waals surface area contributed by atoms with E-state index in [9.17, 15) is 65.4 Å². The molecule has 8 aliphatic heterocycles. The summed E-state index contributed by atoms with van der Waals surface area (Å²) >= 11 is 7.23. The van der Waals surface area contributed by atoms with Crippen LogP contribution >= 0.6 is 11.6 Å². The second kappa shape index (κ2) is 45.4. The normalized spacial score (nSPS) is 29.0. The van der Waals surface area contributed by atoms with Gasteiger partial charge in [0.1, 0.15) is 89.5 Å². The van der Waals surface area contributed by atoms with Gasteiger partial charge in [-0.3, -0.25) is 33.6 Å². The molecule has 8 aliphatic rings. The first-order chi connectivity index (χ1) is 62.2. The molecule has 22 atom stereocenters. The number of ether oxygens (including phenoxy) is 8.